The predicted octanol–water partition coefficient (Wildman–Crippen LogP) is 3.89. The van der Waals surface area contributed by atoms with Crippen LogP contribution >= 0.6 is 0 Å². The molecule has 89 valence electrons. The van der Waals surface area contributed by atoms with Gasteiger partial charge in [-0.05, 0) is 25.2 Å². The zero-order valence-electron chi connectivity index (χ0n) is 10.5. The molecule has 2 nitrogen and oxygen atoms in total. The number of ether oxygens (including phenoxy) is 1. The van der Waals surface area contributed by atoms with E-state index < -0.39 is 0 Å². The molecule has 0 aromatic heterocycles. The number of carbonyl (C=O) groups is 1. The lowest BCUT2D eigenvalue weighted by atomic mass is 10.1. The minimum Gasteiger partial charge on any atom is -0.466 e. The van der Waals surface area contributed by atoms with Crippen molar-refractivity contribution < 1.29 is 9.53 Å². The van der Waals surface area contributed by atoms with E-state index in [2.05, 4.69) is 20.8 Å². The van der Waals surface area contributed by atoms with Gasteiger partial charge in [0.1, 0.15) is 0 Å². The van der Waals surface area contributed by atoms with Crippen molar-refractivity contribution in [3.05, 3.63) is 5.92 Å². The largest absolute Gasteiger partial charge is 0.466 e. The molecule has 2 heteroatoms. The van der Waals surface area contributed by atoms with Crippen molar-refractivity contribution >= 4 is 5.97 Å². The standard InChI is InChI=1S/C13H25O2/c1-4-5-6-7-11-15-13(14)10-8-9-12(2)3/h4-11H2,1-3H3. The van der Waals surface area contributed by atoms with Crippen molar-refractivity contribution in [2.24, 2.45) is 0 Å². The molecular formula is C13H25O2. The highest BCUT2D eigenvalue weighted by Gasteiger charge is 2.03. The first-order valence-electron chi connectivity index (χ1n) is 6.11. The maximum atomic E-state index is 11.2. The molecule has 0 atom stereocenters. The predicted molar refractivity (Wildman–Crippen MR) is 63.5 cm³/mol. The van der Waals surface area contributed by atoms with Crippen LogP contribution in [-0.4, -0.2) is 12.6 Å². The zero-order valence-corrected chi connectivity index (χ0v) is 10.5. The molecule has 0 aromatic rings. The van der Waals surface area contributed by atoms with Crippen LogP contribution in [0.3, 0.4) is 0 Å². The van der Waals surface area contributed by atoms with Gasteiger partial charge in [-0.15, -0.1) is 0 Å². The van der Waals surface area contributed by atoms with Gasteiger partial charge in [-0.3, -0.25) is 4.79 Å². The lowest BCUT2D eigenvalue weighted by Gasteiger charge is -2.05. The Labute approximate surface area is 94.4 Å². The van der Waals surface area contributed by atoms with Crippen LogP contribution in [0.2, 0.25) is 0 Å². The average Bonchev–Trinajstić information content (AvgIpc) is 2.17. The summed E-state index contributed by atoms with van der Waals surface area (Å²) in [7, 11) is 0. The Morgan fingerprint density at radius 3 is 2.33 bits per heavy atom. The van der Waals surface area contributed by atoms with E-state index in [0.29, 0.717) is 13.0 Å². The average molecular weight is 213 g/mol. The third-order valence-corrected chi connectivity index (χ3v) is 2.32. The monoisotopic (exact) mass is 213 g/mol. The molecule has 0 saturated carbocycles. The van der Waals surface area contributed by atoms with Gasteiger partial charge in [-0.25, -0.2) is 0 Å². The molecule has 0 bridgehead atoms. The molecule has 0 fully saturated rings. The maximum absolute atomic E-state index is 11.2. The normalized spacial score (nSPS) is 10.7. The van der Waals surface area contributed by atoms with Gasteiger partial charge in [-0.1, -0.05) is 40.0 Å². The topological polar surface area (TPSA) is 26.3 Å². The first kappa shape index (κ1) is 14.5. The fourth-order valence-electron chi connectivity index (χ4n) is 1.37. The molecule has 0 aliphatic heterocycles. The summed E-state index contributed by atoms with van der Waals surface area (Å²) in [5.41, 5.74) is 0. The SMILES string of the molecule is CCCCCCOC(=O)CCC[C](C)C. The highest BCUT2D eigenvalue weighted by Crippen LogP contribution is 2.09. The molecule has 0 amide bonds. The summed E-state index contributed by atoms with van der Waals surface area (Å²) < 4.78 is 5.12. The van der Waals surface area contributed by atoms with Gasteiger partial charge >= 0.3 is 5.97 Å². The van der Waals surface area contributed by atoms with Crippen molar-refractivity contribution in [1.82, 2.24) is 0 Å². The van der Waals surface area contributed by atoms with E-state index in [1.165, 1.54) is 25.2 Å². The van der Waals surface area contributed by atoms with Gasteiger partial charge in [0.05, 0.1) is 6.61 Å². The number of carbonyl (C=O) groups excluding carboxylic acids is 1. The summed E-state index contributed by atoms with van der Waals surface area (Å²) >= 11 is 0. The second-order valence-corrected chi connectivity index (χ2v) is 4.34. The highest BCUT2D eigenvalue weighted by molar-refractivity contribution is 5.69. The molecule has 0 unspecified atom stereocenters. The summed E-state index contributed by atoms with van der Waals surface area (Å²) in [5.74, 6) is 1.35. The number of rotatable bonds is 9. The molecule has 15 heavy (non-hydrogen) atoms. The minimum atomic E-state index is -0.0345. The third kappa shape index (κ3) is 11.4. The Morgan fingerprint density at radius 2 is 1.73 bits per heavy atom. The Kier molecular flexibility index (Phi) is 9.65. The Balaban J connectivity index is 3.19. The van der Waals surface area contributed by atoms with E-state index >= 15 is 0 Å². The lowest BCUT2D eigenvalue weighted by molar-refractivity contribution is -0.143. The smallest absolute Gasteiger partial charge is 0.305 e. The molecule has 0 saturated heterocycles. The van der Waals surface area contributed by atoms with E-state index in [1.807, 2.05) is 0 Å². The quantitative estimate of drug-likeness (QED) is 0.429. The van der Waals surface area contributed by atoms with Crippen molar-refractivity contribution in [2.45, 2.75) is 65.7 Å². The summed E-state index contributed by atoms with van der Waals surface area (Å²) in [6.45, 7) is 6.97. The van der Waals surface area contributed by atoms with Gasteiger partial charge in [0.25, 0.3) is 0 Å². The van der Waals surface area contributed by atoms with Crippen LogP contribution in [0.5, 0.6) is 0 Å². The van der Waals surface area contributed by atoms with Crippen molar-refractivity contribution in [3.8, 4) is 0 Å². The minimum absolute atomic E-state index is 0.0345. The zero-order chi connectivity index (χ0) is 11.5. The molecular weight excluding hydrogens is 188 g/mol. The first-order valence-corrected chi connectivity index (χ1v) is 6.11. The van der Waals surface area contributed by atoms with E-state index in [4.69, 9.17) is 4.74 Å². The van der Waals surface area contributed by atoms with Gasteiger partial charge in [-0.2, -0.15) is 0 Å². The Hall–Kier alpha value is -0.530. The molecule has 0 aliphatic rings. The number of esters is 1. The van der Waals surface area contributed by atoms with Crippen molar-refractivity contribution in [2.75, 3.05) is 6.61 Å². The van der Waals surface area contributed by atoms with Crippen molar-refractivity contribution in [3.63, 3.8) is 0 Å². The molecule has 0 spiro atoms. The summed E-state index contributed by atoms with van der Waals surface area (Å²) in [6.07, 6.45) is 7.17. The van der Waals surface area contributed by atoms with Crippen LogP contribution < -0.4 is 0 Å². The lowest BCUT2D eigenvalue weighted by Crippen LogP contribution is -2.05. The van der Waals surface area contributed by atoms with E-state index in [9.17, 15) is 4.79 Å². The van der Waals surface area contributed by atoms with Crippen molar-refractivity contribution in [1.29, 1.82) is 0 Å². The van der Waals surface area contributed by atoms with Gasteiger partial charge < -0.3 is 4.74 Å². The van der Waals surface area contributed by atoms with Gasteiger partial charge in [0.15, 0.2) is 0 Å². The van der Waals surface area contributed by atoms with E-state index in [-0.39, 0.29) is 5.97 Å². The number of unbranched alkanes of at least 4 members (excludes halogenated alkanes) is 3. The second kappa shape index (κ2) is 10.0. The highest BCUT2D eigenvalue weighted by atomic mass is 16.5. The van der Waals surface area contributed by atoms with Crippen LogP contribution in [0.25, 0.3) is 0 Å². The molecule has 0 rings (SSSR count). The van der Waals surface area contributed by atoms with Crippen LogP contribution in [0.4, 0.5) is 0 Å². The molecule has 1 radical (unpaired) electrons. The third-order valence-electron chi connectivity index (χ3n) is 2.32. The van der Waals surface area contributed by atoms with Crippen LogP contribution in [-0.2, 0) is 9.53 Å². The van der Waals surface area contributed by atoms with E-state index in [0.717, 1.165) is 19.3 Å². The fraction of sp³-hybridized carbons (Fsp3) is 0.846. The first-order chi connectivity index (χ1) is 7.16. The van der Waals surface area contributed by atoms with Crippen LogP contribution in [0.15, 0.2) is 0 Å². The molecule has 0 heterocycles. The van der Waals surface area contributed by atoms with Crippen LogP contribution in [0.1, 0.15) is 65.7 Å². The fourth-order valence-corrected chi connectivity index (χ4v) is 1.37. The number of hydrogen-bond donors (Lipinski definition) is 0. The summed E-state index contributed by atoms with van der Waals surface area (Å²) in [6, 6.07) is 0. The second-order valence-electron chi connectivity index (χ2n) is 4.34. The maximum Gasteiger partial charge on any atom is 0.305 e. The molecule has 0 aliphatic carbocycles. The Morgan fingerprint density at radius 1 is 1.00 bits per heavy atom. The summed E-state index contributed by atoms with van der Waals surface area (Å²) in [5, 5.41) is 0. The molecule has 0 N–H and O–H groups in total. The van der Waals surface area contributed by atoms with Gasteiger partial charge in [0.2, 0.25) is 0 Å². The van der Waals surface area contributed by atoms with E-state index in [1.54, 1.807) is 0 Å². The molecule has 0 aromatic carbocycles. The number of hydrogen-bond acceptors (Lipinski definition) is 2. The van der Waals surface area contributed by atoms with Gasteiger partial charge in [0, 0.05) is 6.42 Å². The Bertz CT molecular complexity index is 153. The van der Waals surface area contributed by atoms with Crippen LogP contribution in [0, 0.1) is 5.92 Å². The summed E-state index contributed by atoms with van der Waals surface area (Å²) in [4.78, 5) is 11.2.